The first-order chi connectivity index (χ1) is 16.5. The van der Waals surface area contributed by atoms with Crippen molar-refractivity contribution in [2.45, 2.75) is 12.8 Å². The van der Waals surface area contributed by atoms with Crippen LogP contribution in [0.25, 0.3) is 16.9 Å². The lowest BCUT2D eigenvalue weighted by Crippen LogP contribution is -2.27. The molecule has 0 saturated carbocycles. The number of hydrogen-bond donors (Lipinski definition) is 2. The number of anilines is 2. The highest BCUT2D eigenvalue weighted by molar-refractivity contribution is 6.04. The highest BCUT2D eigenvalue weighted by Gasteiger charge is 2.20. The second-order valence-electron chi connectivity index (χ2n) is 8.26. The molecule has 1 aliphatic carbocycles. The lowest BCUT2D eigenvalue weighted by molar-refractivity contribution is -0.130. The Balaban J connectivity index is 1.46. The van der Waals surface area contributed by atoms with E-state index in [1.165, 1.54) is 4.90 Å². The van der Waals surface area contributed by atoms with Crippen LogP contribution in [0.2, 0.25) is 0 Å². The Kier molecular flexibility index (Phi) is 5.59. The summed E-state index contributed by atoms with van der Waals surface area (Å²) in [5, 5.41) is 16.1. The average Bonchev–Trinajstić information content (AvgIpc) is 3.44. The molecule has 0 bridgehead atoms. The smallest absolute Gasteiger partial charge is 0.259 e. The van der Waals surface area contributed by atoms with E-state index >= 15 is 0 Å². The lowest BCUT2D eigenvalue weighted by atomic mass is 10.1. The molecule has 4 aromatic rings. The normalized spacial score (nSPS) is 13.8. The molecule has 0 atom stereocenters. The van der Waals surface area contributed by atoms with Crippen molar-refractivity contribution in [3.63, 3.8) is 0 Å². The minimum Gasteiger partial charge on any atom is -0.484 e. The van der Waals surface area contributed by atoms with Gasteiger partial charge in [-0.15, -0.1) is 0 Å². The van der Waals surface area contributed by atoms with Gasteiger partial charge in [-0.25, -0.2) is 4.98 Å². The standard InChI is InChI=1S/C25H24N6O3/c1-30(2)23(32)15-34-19-7-3-16(4-8-19)24-25(31-12-11-26-14-22(31)28-24)27-18-6-9-20-17(13-18)5-10-21(20)29-33/h3-4,6-9,11-14,27,33H,5,10,15H2,1-2H3/b29-21+. The molecule has 2 heterocycles. The van der Waals surface area contributed by atoms with Crippen molar-refractivity contribution in [2.75, 3.05) is 26.0 Å². The van der Waals surface area contributed by atoms with Crippen molar-refractivity contribution in [2.24, 2.45) is 5.16 Å². The van der Waals surface area contributed by atoms with Gasteiger partial charge in [0.05, 0.1) is 11.9 Å². The van der Waals surface area contributed by atoms with Gasteiger partial charge in [0, 0.05) is 43.3 Å². The van der Waals surface area contributed by atoms with Crippen LogP contribution in [0.4, 0.5) is 11.5 Å². The molecule has 0 unspecified atom stereocenters. The number of nitrogens with one attached hydrogen (secondary N) is 1. The highest BCUT2D eigenvalue weighted by atomic mass is 16.5. The van der Waals surface area contributed by atoms with Crippen LogP contribution in [0, 0.1) is 0 Å². The second kappa shape index (κ2) is 8.86. The van der Waals surface area contributed by atoms with Crippen molar-refractivity contribution in [3.05, 3.63) is 72.2 Å². The van der Waals surface area contributed by atoms with Crippen molar-refractivity contribution >= 4 is 28.8 Å². The Morgan fingerprint density at radius 2 is 2.03 bits per heavy atom. The van der Waals surface area contributed by atoms with E-state index in [0.29, 0.717) is 11.4 Å². The number of benzene rings is 2. The number of carbonyl (C=O) groups excluding carboxylic acids is 1. The van der Waals surface area contributed by atoms with Crippen LogP contribution in [-0.2, 0) is 11.2 Å². The molecule has 0 aliphatic heterocycles. The van der Waals surface area contributed by atoms with Gasteiger partial charge in [0.2, 0.25) is 0 Å². The van der Waals surface area contributed by atoms with Crippen LogP contribution in [0.5, 0.6) is 5.75 Å². The predicted molar refractivity (Wildman–Crippen MR) is 129 cm³/mol. The summed E-state index contributed by atoms with van der Waals surface area (Å²) >= 11 is 0. The third-order valence-corrected chi connectivity index (χ3v) is 5.85. The van der Waals surface area contributed by atoms with Gasteiger partial charge in [-0.1, -0.05) is 11.2 Å². The lowest BCUT2D eigenvalue weighted by Gasteiger charge is -2.12. The molecule has 1 amide bonds. The minimum atomic E-state index is -0.102. The molecule has 0 radical (unpaired) electrons. The number of nitrogens with zero attached hydrogens (tertiary/aromatic N) is 5. The van der Waals surface area contributed by atoms with E-state index in [1.807, 2.05) is 47.0 Å². The Morgan fingerprint density at radius 1 is 1.21 bits per heavy atom. The average molecular weight is 457 g/mol. The number of rotatable bonds is 6. The van der Waals surface area contributed by atoms with Crippen LogP contribution >= 0.6 is 0 Å². The van der Waals surface area contributed by atoms with E-state index in [0.717, 1.165) is 52.4 Å². The monoisotopic (exact) mass is 456 g/mol. The molecule has 1 aliphatic rings. The summed E-state index contributed by atoms with van der Waals surface area (Å²) in [5.74, 6) is 1.32. The fraction of sp³-hybridized carbons (Fsp3) is 0.200. The second-order valence-corrected chi connectivity index (χ2v) is 8.26. The Labute approximate surface area is 196 Å². The summed E-state index contributed by atoms with van der Waals surface area (Å²) in [6.07, 6.45) is 6.87. The van der Waals surface area contributed by atoms with Crippen LogP contribution in [-0.4, -0.2) is 56.8 Å². The zero-order valence-corrected chi connectivity index (χ0v) is 18.9. The molecule has 0 spiro atoms. The number of fused-ring (bicyclic) bond motifs is 2. The van der Waals surface area contributed by atoms with Crippen LogP contribution in [0.15, 0.2) is 66.2 Å². The first-order valence-corrected chi connectivity index (χ1v) is 10.9. The Morgan fingerprint density at radius 3 is 2.79 bits per heavy atom. The minimum absolute atomic E-state index is 0.0137. The van der Waals surface area contributed by atoms with Gasteiger partial charge >= 0.3 is 0 Å². The van der Waals surface area contributed by atoms with Crippen molar-refractivity contribution in [3.8, 4) is 17.0 Å². The number of hydrogen-bond acceptors (Lipinski definition) is 7. The molecule has 172 valence electrons. The summed E-state index contributed by atoms with van der Waals surface area (Å²) in [7, 11) is 3.39. The Hall–Kier alpha value is -4.40. The summed E-state index contributed by atoms with van der Waals surface area (Å²) < 4.78 is 7.55. The number of oxime groups is 1. The highest BCUT2D eigenvalue weighted by Crippen LogP contribution is 2.33. The van der Waals surface area contributed by atoms with Gasteiger partial charge in [0.25, 0.3) is 5.91 Å². The summed E-state index contributed by atoms with van der Waals surface area (Å²) in [6.45, 7) is -0.0137. The maximum Gasteiger partial charge on any atom is 0.259 e. The number of imidazole rings is 1. The van der Waals surface area contributed by atoms with Gasteiger partial charge in [-0.3, -0.25) is 14.2 Å². The van der Waals surface area contributed by atoms with Gasteiger partial charge in [-0.05, 0) is 54.8 Å². The molecule has 2 aromatic heterocycles. The topological polar surface area (TPSA) is 104 Å². The van der Waals surface area contributed by atoms with Gasteiger partial charge in [0.15, 0.2) is 12.3 Å². The number of aromatic nitrogens is 3. The van der Waals surface area contributed by atoms with Gasteiger partial charge in [0.1, 0.15) is 17.3 Å². The zero-order valence-electron chi connectivity index (χ0n) is 18.9. The largest absolute Gasteiger partial charge is 0.484 e. The maximum absolute atomic E-state index is 11.8. The Bertz CT molecular complexity index is 1390. The van der Waals surface area contributed by atoms with E-state index in [1.54, 1.807) is 26.5 Å². The third-order valence-electron chi connectivity index (χ3n) is 5.85. The fourth-order valence-corrected chi connectivity index (χ4v) is 4.00. The summed E-state index contributed by atoms with van der Waals surface area (Å²) in [6, 6.07) is 13.5. The molecule has 0 saturated heterocycles. The molecule has 9 nitrogen and oxygen atoms in total. The number of ether oxygens (including phenoxy) is 1. The fourth-order valence-electron chi connectivity index (χ4n) is 4.00. The van der Waals surface area contributed by atoms with E-state index in [9.17, 15) is 10.0 Å². The number of likely N-dealkylation sites (N-methyl/N-ethyl adjacent to an activating group) is 1. The summed E-state index contributed by atoms with van der Waals surface area (Å²) in [5.41, 5.74) is 6.14. The zero-order chi connectivity index (χ0) is 23.7. The molecule has 2 N–H and O–H groups in total. The molecular weight excluding hydrogens is 432 g/mol. The van der Waals surface area contributed by atoms with Crippen LogP contribution < -0.4 is 10.1 Å². The third kappa shape index (κ3) is 4.03. The molecule has 5 rings (SSSR count). The van der Waals surface area contributed by atoms with E-state index in [4.69, 9.17) is 9.72 Å². The van der Waals surface area contributed by atoms with E-state index < -0.39 is 0 Å². The molecule has 0 fully saturated rings. The summed E-state index contributed by atoms with van der Waals surface area (Å²) in [4.78, 5) is 22.3. The molecular formula is C25H24N6O3. The van der Waals surface area contributed by atoms with Gasteiger partial charge in [-0.2, -0.15) is 0 Å². The van der Waals surface area contributed by atoms with Gasteiger partial charge < -0.3 is 20.2 Å². The predicted octanol–water partition coefficient (Wildman–Crippen LogP) is 3.73. The van der Waals surface area contributed by atoms with E-state index in [2.05, 4.69) is 21.5 Å². The number of carbonyl (C=O) groups is 1. The van der Waals surface area contributed by atoms with Crippen molar-refractivity contribution < 1.29 is 14.7 Å². The molecule has 9 heteroatoms. The molecule has 34 heavy (non-hydrogen) atoms. The SMILES string of the molecule is CN(C)C(=O)COc1ccc(-c2nc3cnccn3c2Nc2ccc3c(c2)CC/C3=N\O)cc1. The van der Waals surface area contributed by atoms with Crippen LogP contribution in [0.1, 0.15) is 17.5 Å². The van der Waals surface area contributed by atoms with Crippen LogP contribution in [0.3, 0.4) is 0 Å². The van der Waals surface area contributed by atoms with Crippen molar-refractivity contribution in [1.82, 2.24) is 19.3 Å². The first-order valence-electron chi connectivity index (χ1n) is 10.9. The quantitative estimate of drug-likeness (QED) is 0.338. The molecule has 2 aromatic carbocycles. The number of aryl methyl sites for hydroxylation is 1. The van der Waals surface area contributed by atoms with Crippen molar-refractivity contribution in [1.29, 1.82) is 0 Å². The number of amides is 1. The van der Waals surface area contributed by atoms with E-state index in [-0.39, 0.29) is 12.5 Å². The first kappa shape index (κ1) is 21.4. The maximum atomic E-state index is 11.8.